The Morgan fingerprint density at radius 2 is 2.26 bits per heavy atom. The quantitative estimate of drug-likeness (QED) is 0.829. The van der Waals surface area contributed by atoms with Crippen molar-refractivity contribution in [2.75, 3.05) is 32.8 Å². The molecular weight excluding hydrogens is 236 g/mol. The summed E-state index contributed by atoms with van der Waals surface area (Å²) < 4.78 is 5.78. The van der Waals surface area contributed by atoms with E-state index in [4.69, 9.17) is 4.74 Å². The zero-order valence-corrected chi connectivity index (χ0v) is 13.0. The maximum atomic E-state index is 5.78. The number of nitrogens with one attached hydrogen (secondary N) is 1. The van der Waals surface area contributed by atoms with Gasteiger partial charge >= 0.3 is 0 Å². The molecule has 0 bridgehead atoms. The van der Waals surface area contributed by atoms with Crippen LogP contribution in [-0.2, 0) is 4.74 Å². The first-order valence-corrected chi connectivity index (χ1v) is 8.27. The van der Waals surface area contributed by atoms with Crippen LogP contribution in [0.2, 0.25) is 0 Å². The molecule has 3 nitrogen and oxygen atoms in total. The lowest BCUT2D eigenvalue weighted by Gasteiger charge is -2.39. The summed E-state index contributed by atoms with van der Waals surface area (Å²) in [4.78, 5) is 2.67. The van der Waals surface area contributed by atoms with Gasteiger partial charge in [-0.2, -0.15) is 0 Å². The summed E-state index contributed by atoms with van der Waals surface area (Å²) in [5, 5.41) is 3.55. The third kappa shape index (κ3) is 4.44. The van der Waals surface area contributed by atoms with Crippen molar-refractivity contribution in [1.29, 1.82) is 0 Å². The van der Waals surface area contributed by atoms with Crippen molar-refractivity contribution < 1.29 is 4.74 Å². The van der Waals surface area contributed by atoms with E-state index >= 15 is 0 Å². The molecule has 0 amide bonds. The summed E-state index contributed by atoms with van der Waals surface area (Å²) in [5.74, 6) is 1.75. The van der Waals surface area contributed by atoms with Crippen molar-refractivity contribution in [2.45, 2.75) is 58.6 Å². The highest BCUT2D eigenvalue weighted by Gasteiger charge is 2.27. The lowest BCUT2D eigenvalue weighted by molar-refractivity contribution is -0.0577. The topological polar surface area (TPSA) is 24.5 Å². The second-order valence-corrected chi connectivity index (χ2v) is 6.57. The van der Waals surface area contributed by atoms with Crippen molar-refractivity contribution in [3.05, 3.63) is 0 Å². The fourth-order valence-corrected chi connectivity index (χ4v) is 3.53. The van der Waals surface area contributed by atoms with Crippen LogP contribution in [-0.4, -0.2) is 49.8 Å². The molecule has 2 fully saturated rings. The lowest BCUT2D eigenvalue weighted by atomic mass is 9.85. The van der Waals surface area contributed by atoms with Crippen molar-refractivity contribution in [1.82, 2.24) is 10.2 Å². The molecule has 2 aliphatic rings. The summed E-state index contributed by atoms with van der Waals surface area (Å²) in [6.07, 6.45) is 5.75. The van der Waals surface area contributed by atoms with Gasteiger partial charge in [0, 0.05) is 12.6 Å². The molecule has 19 heavy (non-hydrogen) atoms. The van der Waals surface area contributed by atoms with Gasteiger partial charge in [-0.05, 0) is 64.1 Å². The van der Waals surface area contributed by atoms with Crippen LogP contribution in [0.4, 0.5) is 0 Å². The molecule has 0 aromatic carbocycles. The molecule has 0 spiro atoms. The second kappa shape index (κ2) is 7.61. The van der Waals surface area contributed by atoms with Crippen LogP contribution in [0.1, 0.15) is 46.5 Å². The standard InChI is InChI=1S/C16H32N2O/c1-4-16-12-19-14(3)11-18(16)9-7-13(2)15-6-5-8-17-10-15/h13-17H,4-12H2,1-3H3. The number of piperidine rings is 1. The Labute approximate surface area is 119 Å². The Balaban J connectivity index is 1.75. The minimum absolute atomic E-state index is 0.412. The van der Waals surface area contributed by atoms with Crippen LogP contribution in [0.5, 0.6) is 0 Å². The SMILES string of the molecule is CCC1COC(C)CN1CCC(C)C1CCCNC1. The van der Waals surface area contributed by atoms with Gasteiger partial charge in [0.2, 0.25) is 0 Å². The Hall–Kier alpha value is -0.120. The molecule has 0 aromatic heterocycles. The van der Waals surface area contributed by atoms with E-state index in [0.29, 0.717) is 12.1 Å². The van der Waals surface area contributed by atoms with Crippen LogP contribution in [0, 0.1) is 11.8 Å². The molecule has 0 aromatic rings. The summed E-state index contributed by atoms with van der Waals surface area (Å²) in [6, 6.07) is 0.646. The predicted octanol–water partition coefficient (Wildman–Crippen LogP) is 2.51. The summed E-state index contributed by atoms with van der Waals surface area (Å²) in [7, 11) is 0. The van der Waals surface area contributed by atoms with Crippen LogP contribution in [0.25, 0.3) is 0 Å². The van der Waals surface area contributed by atoms with Crippen molar-refractivity contribution in [3.8, 4) is 0 Å². The van der Waals surface area contributed by atoms with E-state index in [1.165, 1.54) is 45.3 Å². The largest absolute Gasteiger partial charge is 0.376 e. The number of rotatable bonds is 5. The molecular formula is C16H32N2O. The monoisotopic (exact) mass is 268 g/mol. The van der Waals surface area contributed by atoms with E-state index in [2.05, 4.69) is 31.0 Å². The average molecular weight is 268 g/mol. The molecule has 2 heterocycles. The first-order valence-electron chi connectivity index (χ1n) is 8.27. The molecule has 0 saturated carbocycles. The molecule has 2 aliphatic heterocycles. The minimum atomic E-state index is 0.412. The molecule has 0 aliphatic carbocycles. The third-order valence-electron chi connectivity index (χ3n) is 5.06. The lowest BCUT2D eigenvalue weighted by Crippen LogP contribution is -2.49. The van der Waals surface area contributed by atoms with Gasteiger partial charge in [0.25, 0.3) is 0 Å². The molecule has 2 saturated heterocycles. The first kappa shape index (κ1) is 15.3. The number of hydrogen-bond donors (Lipinski definition) is 1. The van der Waals surface area contributed by atoms with Crippen molar-refractivity contribution in [3.63, 3.8) is 0 Å². The van der Waals surface area contributed by atoms with Gasteiger partial charge in [-0.1, -0.05) is 13.8 Å². The van der Waals surface area contributed by atoms with Crippen LogP contribution >= 0.6 is 0 Å². The molecule has 2 rings (SSSR count). The molecule has 1 N–H and O–H groups in total. The Morgan fingerprint density at radius 1 is 1.42 bits per heavy atom. The Kier molecular flexibility index (Phi) is 6.11. The highest BCUT2D eigenvalue weighted by atomic mass is 16.5. The predicted molar refractivity (Wildman–Crippen MR) is 80.4 cm³/mol. The van der Waals surface area contributed by atoms with E-state index in [9.17, 15) is 0 Å². The van der Waals surface area contributed by atoms with Crippen molar-refractivity contribution >= 4 is 0 Å². The van der Waals surface area contributed by atoms with E-state index in [0.717, 1.165) is 25.0 Å². The molecule has 4 atom stereocenters. The second-order valence-electron chi connectivity index (χ2n) is 6.57. The maximum Gasteiger partial charge on any atom is 0.0674 e. The Morgan fingerprint density at radius 3 is 2.95 bits per heavy atom. The maximum absolute atomic E-state index is 5.78. The van der Waals surface area contributed by atoms with E-state index in [1.54, 1.807) is 0 Å². The first-order chi connectivity index (χ1) is 9.20. The Bertz CT molecular complexity index is 253. The highest BCUT2D eigenvalue weighted by molar-refractivity contribution is 4.80. The summed E-state index contributed by atoms with van der Waals surface area (Å²) in [6.45, 7) is 12.7. The van der Waals surface area contributed by atoms with E-state index in [1.807, 2.05) is 0 Å². The third-order valence-corrected chi connectivity index (χ3v) is 5.06. The van der Waals surface area contributed by atoms with Gasteiger partial charge in [-0.25, -0.2) is 0 Å². The van der Waals surface area contributed by atoms with Gasteiger partial charge < -0.3 is 10.1 Å². The van der Waals surface area contributed by atoms with Gasteiger partial charge in [-0.3, -0.25) is 4.90 Å². The van der Waals surface area contributed by atoms with Crippen LogP contribution < -0.4 is 5.32 Å². The molecule has 112 valence electrons. The fourth-order valence-electron chi connectivity index (χ4n) is 3.53. The smallest absolute Gasteiger partial charge is 0.0674 e. The molecule has 4 unspecified atom stereocenters. The summed E-state index contributed by atoms with van der Waals surface area (Å²) >= 11 is 0. The van der Waals surface area contributed by atoms with Crippen molar-refractivity contribution in [2.24, 2.45) is 11.8 Å². The molecule has 3 heteroatoms. The normalized spacial score (nSPS) is 35.2. The van der Waals surface area contributed by atoms with E-state index < -0.39 is 0 Å². The van der Waals surface area contributed by atoms with Gasteiger partial charge in [0.1, 0.15) is 0 Å². The van der Waals surface area contributed by atoms with Gasteiger partial charge in [-0.15, -0.1) is 0 Å². The highest BCUT2D eigenvalue weighted by Crippen LogP contribution is 2.24. The number of nitrogens with zero attached hydrogens (tertiary/aromatic N) is 1. The van der Waals surface area contributed by atoms with Crippen LogP contribution in [0.15, 0.2) is 0 Å². The average Bonchev–Trinajstić information content (AvgIpc) is 2.46. The number of ether oxygens (including phenoxy) is 1. The minimum Gasteiger partial charge on any atom is -0.376 e. The number of morpholine rings is 1. The van der Waals surface area contributed by atoms with Gasteiger partial charge in [0.15, 0.2) is 0 Å². The zero-order chi connectivity index (χ0) is 13.7. The van der Waals surface area contributed by atoms with E-state index in [-0.39, 0.29) is 0 Å². The number of hydrogen-bond acceptors (Lipinski definition) is 3. The zero-order valence-electron chi connectivity index (χ0n) is 13.0. The fraction of sp³-hybridized carbons (Fsp3) is 1.00. The van der Waals surface area contributed by atoms with Gasteiger partial charge in [0.05, 0.1) is 12.7 Å². The molecule has 0 radical (unpaired) electrons. The summed E-state index contributed by atoms with van der Waals surface area (Å²) in [5.41, 5.74) is 0. The van der Waals surface area contributed by atoms with Crippen LogP contribution in [0.3, 0.4) is 0 Å².